The van der Waals surface area contributed by atoms with Gasteiger partial charge in [0.15, 0.2) is 0 Å². The molecule has 0 aromatic rings. The lowest BCUT2D eigenvalue weighted by molar-refractivity contribution is -0.200. The largest absolute Gasteiger partial charge is 0.381 e. The second-order valence-corrected chi connectivity index (χ2v) is 16.5. The second-order valence-electron chi connectivity index (χ2n) is 16.5. The molecule has 0 aromatic heterocycles. The zero-order valence-electron chi connectivity index (χ0n) is 31.3. The first-order chi connectivity index (χ1) is 19.4. The number of rotatable bonds is 8. The van der Waals surface area contributed by atoms with Crippen LogP contribution in [0.4, 0.5) is 0 Å². The summed E-state index contributed by atoms with van der Waals surface area (Å²) in [5.74, 6) is 5.69. The molecule has 4 heterocycles. The molecular weight excluding hydrogens is 520 g/mol. The molecule has 0 bridgehead atoms. The Labute approximate surface area is 264 Å². The number of ether oxygens (including phenoxy) is 4. The molecule has 0 N–H and O–H groups in total. The van der Waals surface area contributed by atoms with E-state index in [0.717, 1.165) is 63.3 Å². The minimum atomic E-state index is 0.194. The Morgan fingerprint density at radius 2 is 0.738 bits per heavy atom. The van der Waals surface area contributed by atoms with Gasteiger partial charge in [-0.25, -0.2) is 0 Å². The van der Waals surface area contributed by atoms with E-state index in [0.29, 0.717) is 34.5 Å². The van der Waals surface area contributed by atoms with Gasteiger partial charge >= 0.3 is 0 Å². The van der Waals surface area contributed by atoms with Crippen LogP contribution in [0.25, 0.3) is 0 Å². The first-order valence-electron chi connectivity index (χ1n) is 17.8. The second kappa shape index (κ2) is 17.0. The summed E-state index contributed by atoms with van der Waals surface area (Å²) in [5.41, 5.74) is 1.39. The molecule has 4 saturated heterocycles. The van der Waals surface area contributed by atoms with Crippen LogP contribution in [0.2, 0.25) is 0 Å². The fraction of sp³-hybridized carbons (Fsp3) is 1.00. The van der Waals surface area contributed by atoms with Crippen LogP contribution >= 0.6 is 0 Å². The molecule has 4 nitrogen and oxygen atoms in total. The van der Waals surface area contributed by atoms with Crippen molar-refractivity contribution in [3.8, 4) is 0 Å². The van der Waals surface area contributed by atoms with Crippen molar-refractivity contribution in [2.75, 3.05) is 39.6 Å². The minimum absolute atomic E-state index is 0.194. The maximum atomic E-state index is 5.86. The summed E-state index contributed by atoms with van der Waals surface area (Å²) < 4.78 is 22.2. The Morgan fingerprint density at radius 1 is 0.357 bits per heavy atom. The fourth-order valence-corrected chi connectivity index (χ4v) is 8.02. The third-order valence-corrected chi connectivity index (χ3v) is 12.3. The van der Waals surface area contributed by atoms with Gasteiger partial charge < -0.3 is 18.9 Å². The van der Waals surface area contributed by atoms with Gasteiger partial charge in [-0.1, -0.05) is 111 Å². The highest BCUT2D eigenvalue weighted by Crippen LogP contribution is 2.44. The van der Waals surface area contributed by atoms with Gasteiger partial charge in [-0.15, -0.1) is 0 Å². The summed E-state index contributed by atoms with van der Waals surface area (Å²) in [7, 11) is 0. The molecule has 4 rings (SSSR count). The molecule has 0 radical (unpaired) electrons. The fourth-order valence-electron chi connectivity index (χ4n) is 8.02. The monoisotopic (exact) mass is 597 g/mol. The van der Waals surface area contributed by atoms with E-state index in [9.17, 15) is 0 Å². The highest BCUT2D eigenvalue weighted by molar-refractivity contribution is 4.93. The van der Waals surface area contributed by atoms with Crippen molar-refractivity contribution >= 4 is 0 Å². The van der Waals surface area contributed by atoms with Crippen molar-refractivity contribution in [3.05, 3.63) is 0 Å². The summed E-state index contributed by atoms with van der Waals surface area (Å²) in [5, 5.41) is 0. The van der Waals surface area contributed by atoms with E-state index < -0.39 is 0 Å². The van der Waals surface area contributed by atoms with Crippen LogP contribution in [-0.4, -0.2) is 50.8 Å². The highest BCUT2D eigenvalue weighted by Gasteiger charge is 2.45. The van der Waals surface area contributed by atoms with Gasteiger partial charge in [0.25, 0.3) is 0 Å². The van der Waals surface area contributed by atoms with Crippen molar-refractivity contribution in [3.63, 3.8) is 0 Å². The molecule has 0 saturated carbocycles. The van der Waals surface area contributed by atoms with Crippen LogP contribution in [0.1, 0.15) is 136 Å². The number of hydrogen-bond acceptors (Lipinski definition) is 4. The molecule has 0 atom stereocenters. The molecule has 4 fully saturated rings. The van der Waals surface area contributed by atoms with Crippen LogP contribution in [0.5, 0.6) is 0 Å². The van der Waals surface area contributed by atoms with Gasteiger partial charge in [0.05, 0.1) is 37.6 Å². The Bertz CT molecular complexity index is 611. The summed E-state index contributed by atoms with van der Waals surface area (Å²) in [6.07, 6.45) is 5.00. The normalized spacial score (nSPS) is 23.4. The summed E-state index contributed by atoms with van der Waals surface area (Å²) in [4.78, 5) is 0. The molecule has 0 amide bonds. The summed E-state index contributed by atoms with van der Waals surface area (Å²) >= 11 is 0. The topological polar surface area (TPSA) is 36.9 Å². The average molecular weight is 597 g/mol. The van der Waals surface area contributed by atoms with Crippen LogP contribution in [0.15, 0.2) is 0 Å². The summed E-state index contributed by atoms with van der Waals surface area (Å²) in [6.45, 7) is 42.3. The Balaban J connectivity index is 0.000000280. The van der Waals surface area contributed by atoms with Crippen LogP contribution in [0, 0.1) is 58.2 Å². The smallest absolute Gasteiger partial charge is 0.0749 e. The molecule has 0 spiro atoms. The van der Waals surface area contributed by atoms with Crippen LogP contribution in [-0.2, 0) is 18.9 Å². The maximum Gasteiger partial charge on any atom is 0.0749 e. The quantitative estimate of drug-likeness (QED) is 0.279. The van der Waals surface area contributed by atoms with Crippen molar-refractivity contribution in [1.82, 2.24) is 0 Å². The molecule has 0 aromatic carbocycles. The van der Waals surface area contributed by atoms with E-state index >= 15 is 0 Å². The van der Waals surface area contributed by atoms with E-state index in [1.807, 2.05) is 0 Å². The van der Waals surface area contributed by atoms with Crippen LogP contribution in [0.3, 0.4) is 0 Å². The Hall–Kier alpha value is -0.160. The zero-order valence-corrected chi connectivity index (χ0v) is 31.3. The van der Waals surface area contributed by atoms with Gasteiger partial charge in [0, 0.05) is 30.5 Å². The lowest BCUT2D eigenvalue weighted by atomic mass is 9.67. The maximum absolute atomic E-state index is 5.86. The van der Waals surface area contributed by atoms with E-state index in [1.165, 1.54) is 25.7 Å². The number of hydrogen-bond donors (Lipinski definition) is 0. The Morgan fingerprint density at radius 3 is 0.833 bits per heavy atom. The first kappa shape index (κ1) is 39.9. The lowest BCUT2D eigenvalue weighted by Crippen LogP contribution is -2.52. The molecule has 0 unspecified atom stereocenters. The molecule has 252 valence electrons. The lowest BCUT2D eigenvalue weighted by Gasteiger charge is -2.48. The molecule has 4 heteroatoms. The van der Waals surface area contributed by atoms with Crippen molar-refractivity contribution in [2.24, 2.45) is 58.2 Å². The predicted octanol–water partition coefficient (Wildman–Crippen LogP) is 10.3. The average Bonchev–Trinajstić information content (AvgIpc) is 3.49. The standard InChI is InChI=1S/2C10H20O.2C9H18O/c1-8(2)10(9(3)4)5-6-11-7-10;1-8(2)10(9(3)4)6-5-7-11-10;1-7(2)9(8(3)4)5-10-6-9;1-7(2)9(8(3)4)5-6-10-9/h2*8-9H,5-7H2,1-4H3;2*7-8H,5-6H2,1-4H3. The van der Waals surface area contributed by atoms with Crippen molar-refractivity contribution in [1.29, 1.82) is 0 Å². The van der Waals surface area contributed by atoms with E-state index in [-0.39, 0.29) is 11.2 Å². The van der Waals surface area contributed by atoms with E-state index in [1.54, 1.807) is 0 Å². The molecule has 42 heavy (non-hydrogen) atoms. The SMILES string of the molecule is CC(C)C1(C(C)C)CCCO1.CC(C)C1(C(C)C)CCO1.CC(C)C1(C(C)C)CCOC1.CC(C)C1(C(C)C)COC1. The van der Waals surface area contributed by atoms with Gasteiger partial charge in [-0.3, -0.25) is 0 Å². The van der Waals surface area contributed by atoms with Crippen molar-refractivity contribution in [2.45, 2.75) is 148 Å². The van der Waals surface area contributed by atoms with Gasteiger partial charge in [0.2, 0.25) is 0 Å². The van der Waals surface area contributed by atoms with E-state index in [4.69, 9.17) is 18.9 Å². The zero-order chi connectivity index (χ0) is 32.5. The van der Waals surface area contributed by atoms with Gasteiger partial charge in [0.1, 0.15) is 0 Å². The highest BCUT2D eigenvalue weighted by atomic mass is 16.5. The van der Waals surface area contributed by atoms with Crippen molar-refractivity contribution < 1.29 is 18.9 Å². The third-order valence-electron chi connectivity index (χ3n) is 12.3. The molecule has 4 aliphatic rings. The minimum Gasteiger partial charge on any atom is -0.381 e. The van der Waals surface area contributed by atoms with Crippen LogP contribution < -0.4 is 0 Å². The molecular formula is C38H76O4. The summed E-state index contributed by atoms with van der Waals surface area (Å²) in [6, 6.07) is 0. The van der Waals surface area contributed by atoms with Gasteiger partial charge in [-0.05, 0) is 66.6 Å². The predicted molar refractivity (Wildman–Crippen MR) is 181 cm³/mol. The Kier molecular flexibility index (Phi) is 16.1. The molecule has 0 aliphatic carbocycles. The first-order valence-corrected chi connectivity index (χ1v) is 17.8. The van der Waals surface area contributed by atoms with E-state index in [2.05, 4.69) is 111 Å². The third kappa shape index (κ3) is 8.97. The molecule has 4 aliphatic heterocycles. The van der Waals surface area contributed by atoms with Gasteiger partial charge in [-0.2, -0.15) is 0 Å².